The van der Waals surface area contributed by atoms with Crippen LogP contribution in [0.5, 0.6) is 0 Å². The van der Waals surface area contributed by atoms with E-state index in [1.165, 1.54) is 22.7 Å². The number of aromatic nitrogens is 2. The molecule has 0 fully saturated rings. The smallest absolute Gasteiger partial charge is 0.123 e. The fraction of sp³-hybridized carbons (Fsp3) is 0.136. The van der Waals surface area contributed by atoms with E-state index in [0.29, 0.717) is 6.54 Å². The summed E-state index contributed by atoms with van der Waals surface area (Å²) in [6, 6.07) is 19.1. The van der Waals surface area contributed by atoms with Crippen LogP contribution in [0.25, 0.3) is 22.2 Å². The van der Waals surface area contributed by atoms with Gasteiger partial charge in [-0.15, -0.1) is 12.4 Å². The molecule has 0 spiro atoms. The third-order valence-corrected chi connectivity index (χ3v) is 4.82. The number of benzene rings is 2. The number of halogens is 2. The molecule has 2 aromatic heterocycles. The van der Waals surface area contributed by atoms with Crippen molar-refractivity contribution in [1.82, 2.24) is 9.55 Å². The van der Waals surface area contributed by atoms with E-state index in [-0.39, 0.29) is 18.2 Å². The Hall–Kier alpha value is -2.65. The van der Waals surface area contributed by atoms with Gasteiger partial charge >= 0.3 is 0 Å². The molecular weight excluding hydrogens is 347 g/mol. The number of pyridine rings is 1. The number of hydrogen-bond donors (Lipinski definition) is 0. The Kier molecular flexibility index (Phi) is 5.10. The van der Waals surface area contributed by atoms with Crippen LogP contribution in [0.1, 0.15) is 16.8 Å². The van der Waals surface area contributed by atoms with Gasteiger partial charge in [-0.2, -0.15) is 0 Å². The van der Waals surface area contributed by atoms with Gasteiger partial charge in [0.05, 0.1) is 11.2 Å². The Morgan fingerprint density at radius 1 is 0.962 bits per heavy atom. The molecule has 0 saturated heterocycles. The quantitative estimate of drug-likeness (QED) is 0.439. The van der Waals surface area contributed by atoms with Gasteiger partial charge in [-0.05, 0) is 43.2 Å². The second-order valence-corrected chi connectivity index (χ2v) is 6.35. The molecule has 2 aromatic carbocycles. The number of fused-ring (bicyclic) bond motifs is 1. The van der Waals surface area contributed by atoms with Crippen LogP contribution in [-0.2, 0) is 6.54 Å². The van der Waals surface area contributed by atoms with Gasteiger partial charge in [0.25, 0.3) is 0 Å². The highest BCUT2D eigenvalue weighted by Crippen LogP contribution is 2.32. The molecule has 0 aliphatic carbocycles. The highest BCUT2D eigenvalue weighted by Gasteiger charge is 2.16. The maximum absolute atomic E-state index is 13.6. The largest absolute Gasteiger partial charge is 0.338 e. The first kappa shape index (κ1) is 18.2. The summed E-state index contributed by atoms with van der Waals surface area (Å²) in [6.07, 6.45) is 1.86. The summed E-state index contributed by atoms with van der Waals surface area (Å²) in [6.45, 7) is 4.87. The van der Waals surface area contributed by atoms with Crippen molar-refractivity contribution in [3.63, 3.8) is 0 Å². The lowest BCUT2D eigenvalue weighted by molar-refractivity contribution is 0.623. The predicted octanol–water partition coefficient (Wildman–Crippen LogP) is 5.93. The molecule has 4 rings (SSSR count). The second-order valence-electron chi connectivity index (χ2n) is 6.35. The minimum Gasteiger partial charge on any atom is -0.338 e. The van der Waals surface area contributed by atoms with Crippen LogP contribution in [0.2, 0.25) is 0 Å². The molecule has 0 radical (unpaired) electrons. The Morgan fingerprint density at radius 3 is 2.46 bits per heavy atom. The molecule has 0 bridgehead atoms. The van der Waals surface area contributed by atoms with E-state index in [4.69, 9.17) is 0 Å². The third kappa shape index (κ3) is 3.11. The maximum atomic E-state index is 13.6. The summed E-state index contributed by atoms with van der Waals surface area (Å²) in [5, 5.41) is 1.20. The predicted molar refractivity (Wildman–Crippen MR) is 107 cm³/mol. The molecule has 0 unspecified atom stereocenters. The van der Waals surface area contributed by atoms with Crippen LogP contribution < -0.4 is 0 Å². The molecular formula is C22H20ClFN2. The van der Waals surface area contributed by atoms with E-state index in [1.54, 1.807) is 12.1 Å². The first-order valence-corrected chi connectivity index (χ1v) is 8.39. The monoisotopic (exact) mass is 366 g/mol. The normalized spacial score (nSPS) is 10.7. The molecule has 0 aliphatic heterocycles. The molecule has 0 amide bonds. The minimum atomic E-state index is -0.204. The van der Waals surface area contributed by atoms with Crippen LogP contribution in [0.15, 0.2) is 66.9 Å². The Labute approximate surface area is 158 Å². The fourth-order valence-corrected chi connectivity index (χ4v) is 3.42. The van der Waals surface area contributed by atoms with Gasteiger partial charge in [-0.1, -0.05) is 42.5 Å². The van der Waals surface area contributed by atoms with Crippen molar-refractivity contribution >= 4 is 23.3 Å². The lowest BCUT2D eigenvalue weighted by atomic mass is 10.1. The molecule has 2 heterocycles. The Morgan fingerprint density at radius 2 is 1.73 bits per heavy atom. The molecule has 0 aliphatic rings. The summed E-state index contributed by atoms with van der Waals surface area (Å²) in [5.41, 5.74) is 6.53. The summed E-state index contributed by atoms with van der Waals surface area (Å²) < 4.78 is 15.9. The van der Waals surface area contributed by atoms with Crippen molar-refractivity contribution in [1.29, 1.82) is 0 Å². The van der Waals surface area contributed by atoms with Crippen LogP contribution in [0, 0.1) is 19.7 Å². The standard InChI is InChI=1S/C22H19FN2.ClH/c1-15-16(2)25(14-17-7-6-10-19(23)13-17)22-20(15)11-12-24-21(22)18-8-4-3-5-9-18;/h3-13H,14H2,1-2H3;1H. The first-order valence-electron chi connectivity index (χ1n) is 8.39. The van der Waals surface area contributed by atoms with Crippen molar-refractivity contribution in [3.8, 4) is 11.3 Å². The number of nitrogens with zero attached hydrogens (tertiary/aromatic N) is 2. The van der Waals surface area contributed by atoms with Crippen LogP contribution in [-0.4, -0.2) is 9.55 Å². The van der Waals surface area contributed by atoms with E-state index in [2.05, 4.69) is 41.6 Å². The first-order chi connectivity index (χ1) is 12.1. The molecule has 132 valence electrons. The highest BCUT2D eigenvalue weighted by molar-refractivity contribution is 5.95. The lowest BCUT2D eigenvalue weighted by Gasteiger charge is -2.12. The number of aryl methyl sites for hydroxylation is 1. The van der Waals surface area contributed by atoms with Crippen molar-refractivity contribution in [2.45, 2.75) is 20.4 Å². The molecule has 4 aromatic rings. The van der Waals surface area contributed by atoms with Crippen molar-refractivity contribution in [2.24, 2.45) is 0 Å². The highest BCUT2D eigenvalue weighted by atomic mass is 35.5. The van der Waals surface area contributed by atoms with Crippen LogP contribution in [0.3, 0.4) is 0 Å². The zero-order valence-electron chi connectivity index (χ0n) is 14.7. The van der Waals surface area contributed by atoms with Gasteiger partial charge in [-0.25, -0.2) is 4.39 Å². The molecule has 0 atom stereocenters. The van der Waals surface area contributed by atoms with Crippen molar-refractivity contribution in [2.75, 3.05) is 0 Å². The van der Waals surface area contributed by atoms with Gasteiger partial charge in [0.15, 0.2) is 0 Å². The van der Waals surface area contributed by atoms with E-state index in [9.17, 15) is 4.39 Å². The molecule has 2 nitrogen and oxygen atoms in total. The zero-order valence-corrected chi connectivity index (χ0v) is 15.6. The summed E-state index contributed by atoms with van der Waals surface area (Å²) >= 11 is 0. The van der Waals surface area contributed by atoms with E-state index >= 15 is 0 Å². The topological polar surface area (TPSA) is 17.8 Å². The maximum Gasteiger partial charge on any atom is 0.123 e. The van der Waals surface area contributed by atoms with Gasteiger partial charge in [0.2, 0.25) is 0 Å². The van der Waals surface area contributed by atoms with Crippen molar-refractivity contribution in [3.05, 3.63) is 89.5 Å². The van der Waals surface area contributed by atoms with Crippen LogP contribution in [0.4, 0.5) is 4.39 Å². The average molecular weight is 367 g/mol. The SMILES string of the molecule is Cc1c(C)n(Cc2cccc(F)c2)c2c(-c3ccccc3)nccc12.Cl. The summed E-state index contributed by atoms with van der Waals surface area (Å²) in [5.74, 6) is -0.204. The van der Waals surface area contributed by atoms with Gasteiger partial charge < -0.3 is 4.57 Å². The summed E-state index contributed by atoms with van der Waals surface area (Å²) in [4.78, 5) is 4.66. The fourth-order valence-electron chi connectivity index (χ4n) is 3.42. The van der Waals surface area contributed by atoms with Gasteiger partial charge in [0.1, 0.15) is 5.82 Å². The molecule has 0 saturated carbocycles. The zero-order chi connectivity index (χ0) is 17.4. The minimum absolute atomic E-state index is 0. The molecule has 0 N–H and O–H groups in total. The summed E-state index contributed by atoms with van der Waals surface area (Å²) in [7, 11) is 0. The van der Waals surface area contributed by atoms with Gasteiger partial charge in [-0.3, -0.25) is 4.98 Å². The number of hydrogen-bond acceptors (Lipinski definition) is 1. The van der Waals surface area contributed by atoms with E-state index in [0.717, 1.165) is 22.3 Å². The third-order valence-electron chi connectivity index (χ3n) is 4.82. The van der Waals surface area contributed by atoms with E-state index < -0.39 is 0 Å². The van der Waals surface area contributed by atoms with Gasteiger partial charge in [0, 0.05) is 29.4 Å². The second kappa shape index (κ2) is 7.30. The molecule has 4 heteroatoms. The Balaban J connectivity index is 0.00000196. The Bertz CT molecular complexity index is 1050. The van der Waals surface area contributed by atoms with E-state index in [1.807, 2.05) is 30.5 Å². The van der Waals surface area contributed by atoms with Crippen molar-refractivity contribution < 1.29 is 4.39 Å². The number of rotatable bonds is 3. The average Bonchev–Trinajstić information content (AvgIpc) is 2.88. The lowest BCUT2D eigenvalue weighted by Crippen LogP contribution is -2.03. The molecule has 26 heavy (non-hydrogen) atoms. The van der Waals surface area contributed by atoms with Crippen LogP contribution >= 0.6 is 12.4 Å².